The van der Waals surface area contributed by atoms with Gasteiger partial charge in [0.1, 0.15) is 0 Å². The molecule has 2 aliphatic heterocycles. The van der Waals surface area contributed by atoms with E-state index in [1.165, 1.54) is 16.8 Å². The second-order valence-corrected chi connectivity index (χ2v) is 9.71. The largest absolute Gasteiger partial charge is 0.307 e. The minimum absolute atomic E-state index is 0.0938. The van der Waals surface area contributed by atoms with E-state index in [0.29, 0.717) is 20.1 Å². The summed E-state index contributed by atoms with van der Waals surface area (Å²) in [6, 6.07) is 11.7. The molecule has 0 amide bonds. The Morgan fingerprint density at radius 3 is 2.41 bits per heavy atom. The van der Waals surface area contributed by atoms with E-state index in [4.69, 9.17) is 46.4 Å². The maximum Gasteiger partial charge on any atom is 0.0754 e. The van der Waals surface area contributed by atoms with Gasteiger partial charge in [0.15, 0.2) is 0 Å². The molecule has 2 nitrogen and oxygen atoms in total. The van der Waals surface area contributed by atoms with E-state index in [2.05, 4.69) is 23.4 Å². The van der Waals surface area contributed by atoms with Crippen LogP contribution in [-0.2, 0) is 0 Å². The van der Waals surface area contributed by atoms with E-state index in [-0.39, 0.29) is 6.04 Å². The minimum Gasteiger partial charge on any atom is -0.307 e. The Morgan fingerprint density at radius 2 is 1.72 bits per heavy atom. The molecule has 2 aromatic carbocycles. The topological polar surface area (TPSA) is 15.3 Å². The zero-order chi connectivity index (χ0) is 20.5. The van der Waals surface area contributed by atoms with Crippen molar-refractivity contribution < 1.29 is 0 Å². The maximum absolute atomic E-state index is 6.30. The van der Waals surface area contributed by atoms with Crippen LogP contribution in [0.1, 0.15) is 30.5 Å². The Bertz CT molecular complexity index is 1000. The maximum atomic E-state index is 6.30. The third kappa shape index (κ3) is 4.46. The number of rotatable bonds is 4. The van der Waals surface area contributed by atoms with Crippen LogP contribution in [0.4, 0.5) is 0 Å². The molecule has 29 heavy (non-hydrogen) atoms. The summed E-state index contributed by atoms with van der Waals surface area (Å²) in [6.45, 7) is 3.12. The van der Waals surface area contributed by atoms with E-state index >= 15 is 0 Å². The first-order valence-electron chi connectivity index (χ1n) is 9.43. The van der Waals surface area contributed by atoms with E-state index in [0.717, 1.165) is 35.6 Å². The van der Waals surface area contributed by atoms with Gasteiger partial charge in [-0.15, -0.1) is 0 Å². The molecule has 0 aliphatic carbocycles. The molecule has 1 atom stereocenters. The van der Waals surface area contributed by atoms with Crippen molar-refractivity contribution in [2.75, 3.05) is 18.1 Å². The fourth-order valence-electron chi connectivity index (χ4n) is 3.76. The lowest BCUT2D eigenvalue weighted by molar-refractivity contribution is 0.259. The van der Waals surface area contributed by atoms with Crippen molar-refractivity contribution in [1.29, 1.82) is 0 Å². The van der Waals surface area contributed by atoms with Gasteiger partial charge in [-0.3, -0.25) is 0 Å². The number of hydrogen-bond donors (Lipinski definition) is 1. The van der Waals surface area contributed by atoms with Crippen molar-refractivity contribution in [1.82, 2.24) is 10.4 Å². The molecule has 152 valence electrons. The number of allylic oxidation sites excluding steroid dienone is 1. The smallest absolute Gasteiger partial charge is 0.0754 e. The number of hydrazine groups is 1. The molecule has 4 rings (SSSR count). The Hall–Kier alpha value is -0.810. The number of nitrogens with one attached hydrogen (secondary N) is 1. The lowest BCUT2D eigenvalue weighted by Crippen LogP contribution is -2.34. The average Bonchev–Trinajstić information content (AvgIpc) is 3.07. The fourth-order valence-corrected chi connectivity index (χ4v) is 5.44. The summed E-state index contributed by atoms with van der Waals surface area (Å²) in [5, 5.41) is 4.58. The van der Waals surface area contributed by atoms with Crippen molar-refractivity contribution in [3.8, 4) is 0 Å². The normalized spacial score (nSPS) is 20.5. The number of nitrogens with zero attached hydrogens (tertiary/aromatic N) is 1. The molecule has 1 unspecified atom stereocenters. The van der Waals surface area contributed by atoms with Gasteiger partial charge in [0.05, 0.1) is 31.8 Å². The summed E-state index contributed by atoms with van der Waals surface area (Å²) in [5.74, 6) is 1.93. The van der Waals surface area contributed by atoms with Gasteiger partial charge >= 0.3 is 0 Å². The highest BCUT2D eigenvalue weighted by atomic mass is 35.5. The van der Waals surface area contributed by atoms with Crippen LogP contribution in [0.2, 0.25) is 20.1 Å². The zero-order valence-electron chi connectivity index (χ0n) is 15.8. The van der Waals surface area contributed by atoms with Crippen LogP contribution >= 0.6 is 58.2 Å². The van der Waals surface area contributed by atoms with Gasteiger partial charge < -0.3 is 5.01 Å². The van der Waals surface area contributed by atoms with Crippen molar-refractivity contribution >= 4 is 64.2 Å². The molecule has 0 fully saturated rings. The van der Waals surface area contributed by atoms with Gasteiger partial charge in [-0.1, -0.05) is 65.5 Å². The quantitative estimate of drug-likeness (QED) is 0.478. The molecule has 2 aliphatic rings. The molecule has 0 radical (unpaired) electrons. The van der Waals surface area contributed by atoms with Gasteiger partial charge in [-0.05, 0) is 59.0 Å². The third-order valence-corrected chi connectivity index (χ3v) is 7.54. The lowest BCUT2D eigenvalue weighted by atomic mass is 9.97. The molecule has 0 bridgehead atoms. The van der Waals surface area contributed by atoms with E-state index in [9.17, 15) is 0 Å². The predicted molar refractivity (Wildman–Crippen MR) is 128 cm³/mol. The van der Waals surface area contributed by atoms with Gasteiger partial charge in [-0.2, -0.15) is 11.8 Å². The average molecular weight is 486 g/mol. The Kier molecular flexibility index (Phi) is 6.75. The Balaban J connectivity index is 1.76. The van der Waals surface area contributed by atoms with Crippen LogP contribution in [0.25, 0.3) is 6.08 Å². The number of thioether (sulfide) groups is 1. The summed E-state index contributed by atoms with van der Waals surface area (Å²) < 4.78 is 0. The number of hydrogen-bond acceptors (Lipinski definition) is 3. The van der Waals surface area contributed by atoms with Crippen molar-refractivity contribution in [3.63, 3.8) is 0 Å². The third-order valence-electron chi connectivity index (χ3n) is 5.04. The summed E-state index contributed by atoms with van der Waals surface area (Å²) in [6.07, 6.45) is 3.26. The molecule has 0 saturated heterocycles. The van der Waals surface area contributed by atoms with Gasteiger partial charge in [0.25, 0.3) is 0 Å². The first kappa shape index (κ1) is 21.4. The van der Waals surface area contributed by atoms with Crippen LogP contribution in [0.15, 0.2) is 53.2 Å². The Morgan fingerprint density at radius 1 is 1.00 bits per heavy atom. The number of halogens is 4. The molecule has 0 saturated carbocycles. The summed E-state index contributed by atoms with van der Waals surface area (Å²) in [5.41, 5.74) is 9.82. The molecule has 1 N–H and O–H groups in total. The first-order chi connectivity index (χ1) is 14.0. The molecular formula is C22H20Cl4N2S. The lowest BCUT2D eigenvalue weighted by Gasteiger charge is -2.26. The Labute approximate surface area is 195 Å². The number of benzene rings is 2. The summed E-state index contributed by atoms with van der Waals surface area (Å²) >= 11 is 26.7. The zero-order valence-corrected chi connectivity index (χ0v) is 19.7. The second kappa shape index (κ2) is 9.13. The molecule has 0 spiro atoms. The van der Waals surface area contributed by atoms with Crippen molar-refractivity contribution in [3.05, 3.63) is 84.5 Å². The van der Waals surface area contributed by atoms with Gasteiger partial charge in [0, 0.05) is 18.1 Å². The van der Waals surface area contributed by atoms with E-state index < -0.39 is 0 Å². The highest BCUT2D eigenvalue weighted by Gasteiger charge is 2.35. The standard InChI is InChI=1S/C22H20Cl4N2S/c1-2-7-28-22-15(8-13-3-5-17(23)19(25)9-13)11-29-12-16(22)21(27-28)14-4-6-18(24)20(26)10-14/h3-6,8-10,21,27H,2,7,11-12H2,1H3. The molecule has 0 aromatic heterocycles. The minimum atomic E-state index is 0.0938. The molecule has 2 heterocycles. The monoisotopic (exact) mass is 484 g/mol. The first-order valence-corrected chi connectivity index (χ1v) is 12.1. The van der Waals surface area contributed by atoms with Gasteiger partial charge in [-0.25, -0.2) is 5.43 Å². The highest BCUT2D eigenvalue weighted by molar-refractivity contribution is 7.99. The fraction of sp³-hybridized carbons (Fsp3) is 0.273. The molecule has 2 aromatic rings. The summed E-state index contributed by atoms with van der Waals surface area (Å²) in [7, 11) is 0. The van der Waals surface area contributed by atoms with Crippen LogP contribution in [0, 0.1) is 0 Å². The van der Waals surface area contributed by atoms with E-state index in [1.54, 1.807) is 0 Å². The van der Waals surface area contributed by atoms with Crippen molar-refractivity contribution in [2.45, 2.75) is 19.4 Å². The summed E-state index contributed by atoms with van der Waals surface area (Å²) in [4.78, 5) is 0. The highest BCUT2D eigenvalue weighted by Crippen LogP contribution is 2.43. The van der Waals surface area contributed by atoms with Gasteiger partial charge in [0.2, 0.25) is 0 Å². The second-order valence-electron chi connectivity index (χ2n) is 7.10. The van der Waals surface area contributed by atoms with Crippen LogP contribution in [0.3, 0.4) is 0 Å². The van der Waals surface area contributed by atoms with Crippen LogP contribution < -0.4 is 5.43 Å². The predicted octanol–water partition coefficient (Wildman–Crippen LogP) is 7.66. The molecule has 7 heteroatoms. The van der Waals surface area contributed by atoms with E-state index in [1.807, 2.05) is 48.2 Å². The van der Waals surface area contributed by atoms with Crippen LogP contribution in [0.5, 0.6) is 0 Å². The van der Waals surface area contributed by atoms with Crippen molar-refractivity contribution in [2.24, 2.45) is 0 Å². The SMILES string of the molecule is CCCN1NC(c2ccc(Cl)c(Cl)c2)C2=C1C(=Cc1ccc(Cl)c(Cl)c1)CSC2. The van der Waals surface area contributed by atoms with Crippen LogP contribution in [-0.4, -0.2) is 23.1 Å². The molecular weight excluding hydrogens is 466 g/mol.